The Kier molecular flexibility index (Phi) is 5.09. The molecule has 1 heterocycles. The molecule has 0 unspecified atom stereocenters. The number of rotatable bonds is 1. The molecule has 0 aliphatic heterocycles. The highest BCUT2D eigenvalue weighted by Gasteiger charge is 2.20. The summed E-state index contributed by atoms with van der Waals surface area (Å²) in [7, 11) is -6.00. The molecule has 2 aromatic rings. The zero-order chi connectivity index (χ0) is 14.5. The predicted molar refractivity (Wildman–Crippen MR) is 68.2 cm³/mol. The Hall–Kier alpha value is -1.85. The molecule has 0 aliphatic carbocycles. The van der Waals surface area contributed by atoms with Crippen molar-refractivity contribution >= 4 is 7.25 Å². The van der Waals surface area contributed by atoms with Crippen molar-refractivity contribution in [3.8, 4) is 11.3 Å². The molecule has 19 heavy (non-hydrogen) atoms. The van der Waals surface area contributed by atoms with Crippen molar-refractivity contribution in [3.05, 3.63) is 53.8 Å². The van der Waals surface area contributed by atoms with Gasteiger partial charge < -0.3 is 17.3 Å². The first-order chi connectivity index (χ1) is 8.75. The van der Waals surface area contributed by atoms with Crippen molar-refractivity contribution in [2.24, 2.45) is 0 Å². The van der Waals surface area contributed by atoms with E-state index >= 15 is 0 Å². The van der Waals surface area contributed by atoms with Gasteiger partial charge in [-0.2, -0.15) is 0 Å². The molecule has 0 spiro atoms. The lowest BCUT2D eigenvalue weighted by Gasteiger charge is -1.94. The first-order valence-electron chi connectivity index (χ1n) is 5.60. The summed E-state index contributed by atoms with van der Waals surface area (Å²) in [5, 5.41) is 0. The van der Waals surface area contributed by atoms with Gasteiger partial charge in [-0.15, -0.1) is 0 Å². The van der Waals surface area contributed by atoms with Gasteiger partial charge in [0.1, 0.15) is 0 Å². The van der Waals surface area contributed by atoms with Gasteiger partial charge in [0.15, 0.2) is 0 Å². The van der Waals surface area contributed by atoms with E-state index in [4.69, 9.17) is 4.42 Å². The second-order valence-electron chi connectivity index (χ2n) is 3.97. The van der Waals surface area contributed by atoms with E-state index in [-0.39, 0.29) is 0 Å². The summed E-state index contributed by atoms with van der Waals surface area (Å²) in [5.41, 5.74) is 2.35. The van der Waals surface area contributed by atoms with Crippen molar-refractivity contribution in [2.45, 2.75) is 13.8 Å². The Morgan fingerprint density at radius 1 is 0.895 bits per heavy atom. The number of hydrogen-bond donors (Lipinski definition) is 0. The highest BCUT2D eigenvalue weighted by atomic mass is 19.5. The van der Waals surface area contributed by atoms with Gasteiger partial charge in [0.2, 0.25) is 0 Å². The molecule has 6 heteroatoms. The molecular weight excluding hydrogens is 259 g/mol. The highest BCUT2D eigenvalue weighted by molar-refractivity contribution is 6.50. The molecule has 0 saturated heterocycles. The molecule has 0 N–H and O–H groups in total. The Bertz CT molecular complexity index is 500. The number of halogens is 4. The number of hydrogen-bond acceptors (Lipinski definition) is 0. The highest BCUT2D eigenvalue weighted by Crippen LogP contribution is 2.21. The van der Waals surface area contributed by atoms with Gasteiger partial charge in [0.25, 0.3) is 0 Å². The summed E-state index contributed by atoms with van der Waals surface area (Å²) in [6.45, 7) is 4.05. The van der Waals surface area contributed by atoms with Crippen LogP contribution in [0.25, 0.3) is 11.3 Å². The molecule has 0 saturated carbocycles. The average Bonchev–Trinajstić information content (AvgIpc) is 2.26. The van der Waals surface area contributed by atoms with E-state index in [1.54, 1.807) is 0 Å². The maximum Gasteiger partial charge on any atom is 0.673 e. The van der Waals surface area contributed by atoms with Crippen molar-refractivity contribution in [3.63, 3.8) is 0 Å². The van der Waals surface area contributed by atoms with Crippen LogP contribution < -0.4 is 0 Å². The van der Waals surface area contributed by atoms with E-state index in [1.165, 1.54) is 5.56 Å². The lowest BCUT2D eigenvalue weighted by Crippen LogP contribution is -2.02. The van der Waals surface area contributed by atoms with Gasteiger partial charge in [0.05, 0.1) is 12.5 Å². The van der Waals surface area contributed by atoms with Crippen LogP contribution in [-0.2, 0) is 0 Å². The van der Waals surface area contributed by atoms with Crippen LogP contribution in [0.1, 0.15) is 11.3 Å². The van der Waals surface area contributed by atoms with Crippen molar-refractivity contribution in [2.75, 3.05) is 0 Å². The molecular formula is C13H13BF4O. The molecule has 1 nitrogen and oxygen atoms in total. The van der Waals surface area contributed by atoms with Crippen LogP contribution in [0.4, 0.5) is 17.3 Å². The van der Waals surface area contributed by atoms with Gasteiger partial charge in [0, 0.05) is 12.1 Å². The molecule has 0 aliphatic rings. The first-order valence-corrected chi connectivity index (χ1v) is 5.60. The smallest absolute Gasteiger partial charge is 0.418 e. The van der Waals surface area contributed by atoms with Crippen LogP contribution in [0, 0.1) is 13.8 Å². The fraction of sp³-hybridized carbons (Fsp3) is 0.154. The SMILES string of the molecule is Cc1cc(C)[o+]c(-c2ccccc2)c1.F[B-](F)(F)F. The summed E-state index contributed by atoms with van der Waals surface area (Å²) in [4.78, 5) is 0. The summed E-state index contributed by atoms with van der Waals surface area (Å²) in [6, 6.07) is 14.2. The molecule has 2 rings (SSSR count). The standard InChI is InChI=1S/C13H13O.BF4/c1-10-8-11(2)14-13(9-10)12-6-4-3-5-7-12;2-1(3,4)5/h3-9H,1-2H3;/q+1;-1. The second kappa shape index (κ2) is 6.36. The van der Waals surface area contributed by atoms with Crippen molar-refractivity contribution in [1.82, 2.24) is 0 Å². The maximum absolute atomic E-state index is 9.75. The minimum absolute atomic E-state index is 0.933. The minimum Gasteiger partial charge on any atom is -0.418 e. The summed E-state index contributed by atoms with van der Waals surface area (Å²) in [5.74, 6) is 1.88. The Labute approximate surface area is 109 Å². The van der Waals surface area contributed by atoms with Crippen molar-refractivity contribution < 1.29 is 21.7 Å². The largest absolute Gasteiger partial charge is 0.673 e. The molecule has 0 radical (unpaired) electrons. The van der Waals surface area contributed by atoms with E-state index in [0.717, 1.165) is 17.1 Å². The van der Waals surface area contributed by atoms with E-state index in [0.29, 0.717) is 0 Å². The van der Waals surface area contributed by atoms with Gasteiger partial charge in [-0.1, -0.05) is 18.2 Å². The van der Waals surface area contributed by atoms with Crippen LogP contribution in [0.3, 0.4) is 0 Å². The zero-order valence-electron chi connectivity index (χ0n) is 10.5. The van der Waals surface area contributed by atoms with Crippen LogP contribution in [0.15, 0.2) is 46.9 Å². The lowest BCUT2D eigenvalue weighted by atomic mass is 10.1. The van der Waals surface area contributed by atoms with Crippen LogP contribution >= 0.6 is 0 Å². The Morgan fingerprint density at radius 3 is 1.89 bits per heavy atom. The fourth-order valence-electron chi connectivity index (χ4n) is 1.55. The van der Waals surface area contributed by atoms with E-state index < -0.39 is 7.25 Å². The average molecular weight is 272 g/mol. The second-order valence-corrected chi connectivity index (χ2v) is 3.97. The number of aryl methyl sites for hydroxylation is 2. The summed E-state index contributed by atoms with van der Waals surface area (Å²) in [6.07, 6.45) is 0. The molecule has 1 aromatic heterocycles. The topological polar surface area (TPSA) is 11.3 Å². The van der Waals surface area contributed by atoms with E-state index in [9.17, 15) is 17.3 Å². The maximum atomic E-state index is 9.75. The van der Waals surface area contributed by atoms with E-state index in [1.807, 2.05) is 31.2 Å². The van der Waals surface area contributed by atoms with Crippen LogP contribution in [0.5, 0.6) is 0 Å². The molecule has 102 valence electrons. The van der Waals surface area contributed by atoms with Gasteiger partial charge >= 0.3 is 18.8 Å². The molecule has 0 amide bonds. The van der Waals surface area contributed by atoms with Gasteiger partial charge in [-0.3, -0.25) is 0 Å². The van der Waals surface area contributed by atoms with Gasteiger partial charge in [-0.25, -0.2) is 4.42 Å². The third kappa shape index (κ3) is 6.59. The molecule has 0 atom stereocenters. The summed E-state index contributed by atoms with van der Waals surface area (Å²) >= 11 is 0. The van der Waals surface area contributed by atoms with E-state index in [2.05, 4.69) is 25.1 Å². The van der Waals surface area contributed by atoms with Gasteiger partial charge in [-0.05, 0) is 24.6 Å². The third-order valence-electron chi connectivity index (χ3n) is 2.12. The molecule has 0 fully saturated rings. The van der Waals surface area contributed by atoms with Crippen LogP contribution in [0.2, 0.25) is 0 Å². The van der Waals surface area contributed by atoms with Crippen molar-refractivity contribution in [1.29, 1.82) is 0 Å². The lowest BCUT2D eigenvalue weighted by molar-refractivity contribution is 0.368. The Morgan fingerprint density at radius 2 is 1.42 bits per heavy atom. The zero-order valence-corrected chi connectivity index (χ0v) is 10.5. The molecule has 0 bridgehead atoms. The number of benzene rings is 1. The minimum atomic E-state index is -6.00. The third-order valence-corrected chi connectivity index (χ3v) is 2.12. The summed E-state index contributed by atoms with van der Waals surface area (Å²) < 4.78 is 44.6. The monoisotopic (exact) mass is 272 g/mol. The predicted octanol–water partition coefficient (Wildman–Crippen LogP) is 5.14. The van der Waals surface area contributed by atoms with Crippen LogP contribution in [-0.4, -0.2) is 7.25 Å². The molecule has 1 aromatic carbocycles. The Balaban J connectivity index is 0.000000312. The normalized spacial score (nSPS) is 10.6. The first kappa shape index (κ1) is 15.2. The fourth-order valence-corrected chi connectivity index (χ4v) is 1.55. The quantitative estimate of drug-likeness (QED) is 0.397.